The fourth-order valence-corrected chi connectivity index (χ4v) is 3.04. The number of rotatable bonds is 4. The Balaban J connectivity index is 2.12. The van der Waals surface area contributed by atoms with E-state index in [1.807, 2.05) is 11.8 Å². The van der Waals surface area contributed by atoms with E-state index in [4.69, 9.17) is 10.5 Å². The lowest BCUT2D eigenvalue weighted by atomic mass is 10.1. The molecule has 4 nitrogen and oxygen atoms in total. The molecule has 3 N–H and O–H groups in total. The standard InChI is InChI=1S/C13H18N2O2S/c1-2-17-13(16)9-3-4-11(14)12(7-9)15-10-5-6-18-8-10/h3-4,7,10,15H,2,5-6,8,14H2,1H3. The highest BCUT2D eigenvalue weighted by Gasteiger charge is 2.17. The van der Waals surface area contributed by atoms with Gasteiger partial charge in [0.1, 0.15) is 0 Å². The zero-order chi connectivity index (χ0) is 13.0. The predicted octanol–water partition coefficient (Wildman–Crippen LogP) is 2.36. The van der Waals surface area contributed by atoms with Crippen LogP contribution in [0.4, 0.5) is 11.4 Å². The maximum Gasteiger partial charge on any atom is 0.338 e. The molecule has 1 aliphatic rings. The van der Waals surface area contributed by atoms with Gasteiger partial charge in [0.05, 0.1) is 23.5 Å². The molecule has 0 aromatic heterocycles. The Morgan fingerprint density at radius 1 is 1.61 bits per heavy atom. The second kappa shape index (κ2) is 6.00. The van der Waals surface area contributed by atoms with Crippen LogP contribution >= 0.6 is 11.8 Å². The van der Waals surface area contributed by atoms with E-state index in [2.05, 4.69) is 5.32 Å². The van der Waals surface area contributed by atoms with Gasteiger partial charge in [0, 0.05) is 11.8 Å². The Morgan fingerprint density at radius 3 is 3.11 bits per heavy atom. The first-order chi connectivity index (χ1) is 8.70. The van der Waals surface area contributed by atoms with Crippen molar-refractivity contribution in [3.8, 4) is 0 Å². The van der Waals surface area contributed by atoms with Crippen molar-refractivity contribution >= 4 is 29.1 Å². The summed E-state index contributed by atoms with van der Waals surface area (Å²) in [7, 11) is 0. The van der Waals surface area contributed by atoms with Gasteiger partial charge >= 0.3 is 5.97 Å². The molecule has 18 heavy (non-hydrogen) atoms. The van der Waals surface area contributed by atoms with E-state index >= 15 is 0 Å². The number of thioether (sulfide) groups is 1. The van der Waals surface area contributed by atoms with Crippen molar-refractivity contribution < 1.29 is 9.53 Å². The quantitative estimate of drug-likeness (QED) is 0.647. The number of nitrogen functional groups attached to an aromatic ring is 1. The van der Waals surface area contributed by atoms with Crippen LogP contribution in [-0.2, 0) is 4.74 Å². The Hall–Kier alpha value is -1.36. The molecule has 1 atom stereocenters. The third kappa shape index (κ3) is 3.10. The predicted molar refractivity (Wildman–Crippen MR) is 76.2 cm³/mol. The van der Waals surface area contributed by atoms with Crippen LogP contribution in [0.25, 0.3) is 0 Å². The molecule has 0 amide bonds. The number of hydrogen-bond acceptors (Lipinski definition) is 5. The SMILES string of the molecule is CCOC(=O)c1ccc(N)c(NC2CCSC2)c1. The first-order valence-electron chi connectivity index (χ1n) is 6.11. The van der Waals surface area contributed by atoms with E-state index in [0.717, 1.165) is 17.9 Å². The third-order valence-electron chi connectivity index (χ3n) is 2.85. The van der Waals surface area contributed by atoms with Gasteiger partial charge in [0.2, 0.25) is 0 Å². The zero-order valence-electron chi connectivity index (χ0n) is 10.4. The zero-order valence-corrected chi connectivity index (χ0v) is 11.3. The lowest BCUT2D eigenvalue weighted by Crippen LogP contribution is -2.19. The molecule has 2 rings (SSSR count). The molecule has 1 saturated heterocycles. The van der Waals surface area contributed by atoms with Crippen molar-refractivity contribution in [2.24, 2.45) is 0 Å². The minimum absolute atomic E-state index is 0.304. The number of nitrogens with one attached hydrogen (secondary N) is 1. The molecule has 0 saturated carbocycles. The van der Waals surface area contributed by atoms with Crippen LogP contribution in [0.15, 0.2) is 18.2 Å². The topological polar surface area (TPSA) is 64.3 Å². The summed E-state index contributed by atoms with van der Waals surface area (Å²) in [5, 5.41) is 3.39. The highest BCUT2D eigenvalue weighted by atomic mass is 32.2. The molecule has 0 aliphatic carbocycles. The van der Waals surface area contributed by atoms with Crippen molar-refractivity contribution in [2.75, 3.05) is 29.2 Å². The van der Waals surface area contributed by atoms with Crippen LogP contribution in [0.1, 0.15) is 23.7 Å². The molecular weight excluding hydrogens is 248 g/mol. The normalized spacial score (nSPS) is 18.6. The van der Waals surface area contributed by atoms with Gasteiger partial charge in [-0.3, -0.25) is 0 Å². The van der Waals surface area contributed by atoms with Crippen molar-refractivity contribution in [3.63, 3.8) is 0 Å². The average Bonchev–Trinajstić information content (AvgIpc) is 2.85. The molecule has 0 radical (unpaired) electrons. The molecule has 1 aromatic rings. The maximum atomic E-state index is 11.7. The first kappa shape index (κ1) is 13.1. The van der Waals surface area contributed by atoms with Crippen LogP contribution in [0.3, 0.4) is 0 Å². The molecule has 0 spiro atoms. The lowest BCUT2D eigenvalue weighted by molar-refractivity contribution is 0.0526. The summed E-state index contributed by atoms with van der Waals surface area (Å²) in [6.45, 7) is 2.18. The van der Waals surface area contributed by atoms with Crippen LogP contribution in [0.5, 0.6) is 0 Å². The number of ether oxygens (including phenoxy) is 1. The summed E-state index contributed by atoms with van der Waals surface area (Å²) in [5.41, 5.74) is 7.95. The van der Waals surface area contributed by atoms with Gasteiger partial charge in [-0.2, -0.15) is 11.8 Å². The van der Waals surface area contributed by atoms with Gasteiger partial charge < -0.3 is 15.8 Å². The number of nitrogens with two attached hydrogens (primary N) is 1. The number of hydrogen-bond donors (Lipinski definition) is 2. The minimum Gasteiger partial charge on any atom is -0.462 e. The van der Waals surface area contributed by atoms with E-state index in [0.29, 0.717) is 23.9 Å². The number of esters is 1. The molecule has 1 heterocycles. The third-order valence-corrected chi connectivity index (χ3v) is 4.02. The Labute approximate surface area is 111 Å². The summed E-state index contributed by atoms with van der Waals surface area (Å²) in [6.07, 6.45) is 1.13. The summed E-state index contributed by atoms with van der Waals surface area (Å²) < 4.78 is 4.98. The number of carbonyl (C=O) groups is 1. The summed E-state index contributed by atoms with van der Waals surface area (Å²) in [6, 6.07) is 5.66. The summed E-state index contributed by atoms with van der Waals surface area (Å²) in [5.74, 6) is 1.96. The summed E-state index contributed by atoms with van der Waals surface area (Å²) in [4.78, 5) is 11.7. The van der Waals surface area contributed by atoms with Gasteiger partial charge in [-0.1, -0.05) is 0 Å². The minimum atomic E-state index is -0.304. The van der Waals surface area contributed by atoms with E-state index in [9.17, 15) is 4.79 Å². The number of anilines is 2. The van der Waals surface area contributed by atoms with Gasteiger partial charge in [0.25, 0.3) is 0 Å². The highest BCUT2D eigenvalue weighted by molar-refractivity contribution is 7.99. The van der Waals surface area contributed by atoms with Gasteiger partial charge in [-0.25, -0.2) is 4.79 Å². The van der Waals surface area contributed by atoms with Crippen molar-refractivity contribution in [2.45, 2.75) is 19.4 Å². The van der Waals surface area contributed by atoms with Crippen LogP contribution in [-0.4, -0.2) is 30.1 Å². The lowest BCUT2D eigenvalue weighted by Gasteiger charge is -2.15. The Bertz CT molecular complexity index is 431. The van der Waals surface area contributed by atoms with Crippen LogP contribution in [0.2, 0.25) is 0 Å². The second-order valence-electron chi connectivity index (χ2n) is 4.23. The first-order valence-corrected chi connectivity index (χ1v) is 7.27. The molecule has 1 aliphatic heterocycles. The maximum absolute atomic E-state index is 11.7. The highest BCUT2D eigenvalue weighted by Crippen LogP contribution is 2.26. The molecule has 1 fully saturated rings. The molecule has 0 bridgehead atoms. The average molecular weight is 266 g/mol. The van der Waals surface area contributed by atoms with Crippen molar-refractivity contribution in [1.82, 2.24) is 0 Å². The van der Waals surface area contributed by atoms with E-state index in [1.165, 1.54) is 5.75 Å². The Kier molecular flexibility index (Phi) is 4.36. The van der Waals surface area contributed by atoms with E-state index in [1.54, 1.807) is 25.1 Å². The van der Waals surface area contributed by atoms with E-state index in [-0.39, 0.29) is 5.97 Å². The number of carbonyl (C=O) groups excluding carboxylic acids is 1. The molecular formula is C13H18N2O2S. The smallest absolute Gasteiger partial charge is 0.338 e. The van der Waals surface area contributed by atoms with Gasteiger partial charge in [0.15, 0.2) is 0 Å². The molecule has 1 aromatic carbocycles. The van der Waals surface area contributed by atoms with Crippen molar-refractivity contribution in [3.05, 3.63) is 23.8 Å². The monoisotopic (exact) mass is 266 g/mol. The second-order valence-corrected chi connectivity index (χ2v) is 5.38. The van der Waals surface area contributed by atoms with Crippen LogP contribution in [0, 0.1) is 0 Å². The molecule has 98 valence electrons. The molecule has 1 unspecified atom stereocenters. The van der Waals surface area contributed by atoms with Gasteiger partial charge in [-0.05, 0) is 37.3 Å². The largest absolute Gasteiger partial charge is 0.462 e. The fraction of sp³-hybridized carbons (Fsp3) is 0.462. The van der Waals surface area contributed by atoms with Gasteiger partial charge in [-0.15, -0.1) is 0 Å². The fourth-order valence-electron chi connectivity index (χ4n) is 1.89. The number of benzene rings is 1. The Morgan fingerprint density at radius 2 is 2.44 bits per heavy atom. The summed E-state index contributed by atoms with van der Waals surface area (Å²) >= 11 is 1.93. The van der Waals surface area contributed by atoms with Crippen LogP contribution < -0.4 is 11.1 Å². The van der Waals surface area contributed by atoms with Crippen molar-refractivity contribution in [1.29, 1.82) is 0 Å². The van der Waals surface area contributed by atoms with E-state index < -0.39 is 0 Å². The molecule has 5 heteroatoms.